The second-order valence-electron chi connectivity index (χ2n) is 6.62. The van der Waals surface area contributed by atoms with E-state index in [1.807, 2.05) is 49.4 Å². The maximum atomic E-state index is 12.6. The number of benzene rings is 2. The summed E-state index contributed by atoms with van der Waals surface area (Å²) in [5, 5.41) is 0. The molecule has 9 heteroatoms. The maximum Gasteiger partial charge on any atom is 0.326 e. The van der Waals surface area contributed by atoms with Gasteiger partial charge in [0.2, 0.25) is 5.91 Å². The van der Waals surface area contributed by atoms with Crippen molar-refractivity contribution in [3.05, 3.63) is 47.3 Å². The van der Waals surface area contributed by atoms with Gasteiger partial charge in [-0.3, -0.25) is 9.59 Å². The summed E-state index contributed by atoms with van der Waals surface area (Å²) in [5.41, 5.74) is 0.811. The number of amides is 1. The van der Waals surface area contributed by atoms with Crippen molar-refractivity contribution in [2.24, 2.45) is 4.99 Å². The average Bonchev–Trinajstić information content (AvgIpc) is 3.10. The Bertz CT molecular complexity index is 1140. The Balaban J connectivity index is 1.78. The molecule has 0 fully saturated rings. The third kappa shape index (κ3) is 6.37. The molecular weight excluding hydrogens is 448 g/mol. The number of rotatable bonds is 10. The molecule has 0 bridgehead atoms. The van der Waals surface area contributed by atoms with Gasteiger partial charge in [-0.2, -0.15) is 4.99 Å². The summed E-state index contributed by atoms with van der Waals surface area (Å²) in [6.45, 7) is 4.53. The molecule has 1 aromatic heterocycles. The minimum atomic E-state index is -0.370. The molecule has 0 spiro atoms. The topological polar surface area (TPSA) is 79.1 Å². The van der Waals surface area contributed by atoms with Crippen molar-refractivity contribution in [1.29, 1.82) is 0 Å². The molecule has 0 unspecified atom stereocenters. The zero-order valence-corrected chi connectivity index (χ0v) is 20.0. The van der Waals surface area contributed by atoms with Crippen LogP contribution in [0.1, 0.15) is 20.3 Å². The third-order valence-electron chi connectivity index (χ3n) is 4.42. The van der Waals surface area contributed by atoms with E-state index in [4.69, 9.17) is 14.2 Å². The molecule has 0 aliphatic rings. The quantitative estimate of drug-likeness (QED) is 0.322. The number of hydrogen-bond donors (Lipinski definition) is 0. The number of thiazole rings is 1. The van der Waals surface area contributed by atoms with Crippen molar-refractivity contribution in [2.75, 3.05) is 26.1 Å². The lowest BCUT2D eigenvalue weighted by molar-refractivity contribution is -0.143. The first-order valence-electron chi connectivity index (χ1n) is 10.3. The summed E-state index contributed by atoms with van der Waals surface area (Å²) in [5.74, 6) is 1.53. The van der Waals surface area contributed by atoms with Crippen LogP contribution in [0, 0.1) is 0 Å². The van der Waals surface area contributed by atoms with Gasteiger partial charge in [-0.05, 0) is 56.3 Å². The van der Waals surface area contributed by atoms with Gasteiger partial charge in [-0.25, -0.2) is 0 Å². The van der Waals surface area contributed by atoms with Crippen LogP contribution in [-0.4, -0.2) is 42.5 Å². The van der Waals surface area contributed by atoms with E-state index in [-0.39, 0.29) is 24.8 Å². The molecule has 7 nitrogen and oxygen atoms in total. The molecule has 32 heavy (non-hydrogen) atoms. The molecule has 170 valence electrons. The van der Waals surface area contributed by atoms with Crippen LogP contribution in [0.3, 0.4) is 0 Å². The predicted molar refractivity (Wildman–Crippen MR) is 127 cm³/mol. The highest BCUT2D eigenvalue weighted by molar-refractivity contribution is 7.99. The zero-order valence-electron chi connectivity index (χ0n) is 18.3. The fourth-order valence-corrected chi connectivity index (χ4v) is 4.89. The largest absolute Gasteiger partial charge is 0.497 e. The number of aromatic nitrogens is 1. The van der Waals surface area contributed by atoms with Gasteiger partial charge >= 0.3 is 5.97 Å². The van der Waals surface area contributed by atoms with E-state index < -0.39 is 0 Å². The van der Waals surface area contributed by atoms with Gasteiger partial charge in [0.1, 0.15) is 18.0 Å². The van der Waals surface area contributed by atoms with Crippen molar-refractivity contribution in [2.45, 2.75) is 31.7 Å². The van der Waals surface area contributed by atoms with Crippen LogP contribution in [0.4, 0.5) is 0 Å². The molecule has 2 aromatic carbocycles. The molecule has 3 rings (SSSR count). The molecule has 3 aromatic rings. The lowest BCUT2D eigenvalue weighted by Crippen LogP contribution is -2.23. The Morgan fingerprint density at radius 3 is 2.50 bits per heavy atom. The zero-order chi connectivity index (χ0) is 22.9. The minimum absolute atomic E-state index is 0.00542. The Hall–Kier alpha value is -2.78. The van der Waals surface area contributed by atoms with Crippen LogP contribution in [0.2, 0.25) is 0 Å². The maximum absolute atomic E-state index is 12.6. The highest BCUT2D eigenvalue weighted by Gasteiger charge is 2.13. The summed E-state index contributed by atoms with van der Waals surface area (Å²) >= 11 is 2.94. The van der Waals surface area contributed by atoms with Gasteiger partial charge in [-0.1, -0.05) is 11.3 Å². The lowest BCUT2D eigenvalue weighted by atomic mass is 10.3. The van der Waals surface area contributed by atoms with E-state index in [1.165, 1.54) is 11.3 Å². The molecule has 0 radical (unpaired) electrons. The fourth-order valence-electron chi connectivity index (χ4n) is 2.97. The summed E-state index contributed by atoms with van der Waals surface area (Å²) < 4.78 is 18.4. The van der Waals surface area contributed by atoms with Gasteiger partial charge in [-0.15, -0.1) is 11.8 Å². The van der Waals surface area contributed by atoms with E-state index >= 15 is 0 Å². The van der Waals surface area contributed by atoms with Gasteiger partial charge in [0.05, 0.1) is 30.5 Å². The van der Waals surface area contributed by atoms with Crippen LogP contribution in [0.25, 0.3) is 10.2 Å². The number of carbonyl (C=O) groups excluding carboxylic acids is 2. The van der Waals surface area contributed by atoms with Crippen molar-refractivity contribution in [1.82, 2.24) is 4.57 Å². The SMILES string of the molecule is CCOC(=O)Cn1c(=NC(=O)CCSc2ccc(OC)cc2)sc2cc(OCC)ccc21. The smallest absolute Gasteiger partial charge is 0.326 e. The van der Waals surface area contributed by atoms with Crippen molar-refractivity contribution >= 4 is 45.2 Å². The lowest BCUT2D eigenvalue weighted by Gasteiger charge is -2.06. The number of esters is 1. The summed E-state index contributed by atoms with van der Waals surface area (Å²) in [4.78, 5) is 30.5. The number of thioether (sulfide) groups is 1. The molecule has 0 atom stereocenters. The highest BCUT2D eigenvalue weighted by Crippen LogP contribution is 2.24. The predicted octanol–water partition coefficient (Wildman–Crippen LogP) is 4.28. The molecule has 0 saturated carbocycles. The average molecular weight is 475 g/mol. The van der Waals surface area contributed by atoms with Crippen LogP contribution in [0.5, 0.6) is 11.5 Å². The van der Waals surface area contributed by atoms with E-state index in [9.17, 15) is 9.59 Å². The number of nitrogens with zero attached hydrogens (tertiary/aromatic N) is 2. The summed E-state index contributed by atoms with van der Waals surface area (Å²) in [6.07, 6.45) is 0.286. The van der Waals surface area contributed by atoms with E-state index in [1.54, 1.807) is 30.4 Å². The first kappa shape index (κ1) is 23.9. The van der Waals surface area contributed by atoms with Crippen LogP contribution in [-0.2, 0) is 20.9 Å². The molecule has 1 amide bonds. The Morgan fingerprint density at radius 2 is 1.81 bits per heavy atom. The second-order valence-corrected chi connectivity index (χ2v) is 8.80. The minimum Gasteiger partial charge on any atom is -0.497 e. The standard InChI is InChI=1S/C23H26N2O5S2/c1-4-29-17-8-11-19-20(14-17)32-23(25(19)15-22(27)30-5-2)24-21(26)12-13-31-18-9-6-16(28-3)7-10-18/h6-11,14H,4-5,12-13,15H2,1-3H3. The third-order valence-corrected chi connectivity index (χ3v) is 6.48. The van der Waals surface area contributed by atoms with Gasteiger partial charge in [0.25, 0.3) is 0 Å². The van der Waals surface area contributed by atoms with Gasteiger partial charge in [0, 0.05) is 17.1 Å². The Kier molecular flexibility index (Phi) is 8.75. The van der Waals surface area contributed by atoms with Crippen molar-refractivity contribution < 1.29 is 23.8 Å². The number of methoxy groups -OCH3 is 1. The van der Waals surface area contributed by atoms with Crippen LogP contribution < -0.4 is 14.3 Å². The second kappa shape index (κ2) is 11.7. The highest BCUT2D eigenvalue weighted by atomic mass is 32.2. The van der Waals surface area contributed by atoms with E-state index in [0.29, 0.717) is 23.8 Å². The summed E-state index contributed by atoms with van der Waals surface area (Å²) in [6, 6.07) is 13.3. The van der Waals surface area contributed by atoms with Crippen molar-refractivity contribution in [3.63, 3.8) is 0 Å². The first-order valence-corrected chi connectivity index (χ1v) is 12.1. The fraction of sp³-hybridized carbons (Fsp3) is 0.348. The number of carbonyl (C=O) groups is 2. The van der Waals surface area contributed by atoms with Gasteiger partial charge in [0.15, 0.2) is 4.80 Å². The van der Waals surface area contributed by atoms with Crippen molar-refractivity contribution in [3.8, 4) is 11.5 Å². The molecule has 0 saturated heterocycles. The Labute approximate surface area is 195 Å². The molecule has 1 heterocycles. The first-order chi connectivity index (χ1) is 15.5. The molecule has 0 N–H and O–H groups in total. The number of fused-ring (bicyclic) bond motifs is 1. The molecule has 0 aliphatic heterocycles. The van der Waals surface area contributed by atoms with E-state index in [0.717, 1.165) is 26.6 Å². The molecular formula is C23H26N2O5S2. The molecule has 0 aliphatic carbocycles. The van der Waals surface area contributed by atoms with Crippen LogP contribution >= 0.6 is 23.1 Å². The van der Waals surface area contributed by atoms with E-state index in [2.05, 4.69) is 4.99 Å². The normalized spacial score (nSPS) is 11.5. The summed E-state index contributed by atoms with van der Waals surface area (Å²) in [7, 11) is 1.63. The number of hydrogen-bond acceptors (Lipinski definition) is 7. The van der Waals surface area contributed by atoms with Crippen LogP contribution in [0.15, 0.2) is 52.4 Å². The monoisotopic (exact) mass is 474 g/mol. The number of ether oxygens (including phenoxy) is 3. The Morgan fingerprint density at radius 1 is 1.06 bits per heavy atom. The van der Waals surface area contributed by atoms with Gasteiger partial charge < -0.3 is 18.8 Å².